The third-order valence-electron chi connectivity index (χ3n) is 0.817. The van der Waals surface area contributed by atoms with Crippen molar-refractivity contribution in [3.05, 3.63) is 19.8 Å². The van der Waals surface area contributed by atoms with Gasteiger partial charge in [0.1, 0.15) is 0 Å². The lowest BCUT2D eigenvalue weighted by molar-refractivity contribution is -0.173. The second-order valence-electron chi connectivity index (χ2n) is 2.03. The predicted octanol–water partition coefficient (Wildman–Crippen LogP) is 1.73. The van der Waals surface area contributed by atoms with Crippen molar-refractivity contribution in [3.8, 4) is 0 Å². The molecule has 0 saturated carbocycles. The first-order valence-corrected chi connectivity index (χ1v) is 2.84. The molecule has 0 heterocycles. The van der Waals surface area contributed by atoms with E-state index in [1.165, 1.54) is 6.26 Å². The molecule has 0 rings (SSSR count). The fraction of sp³-hybridized carbons (Fsp3) is 0.571. The molecule has 0 aromatic carbocycles. The Morgan fingerprint density at radius 2 is 2.11 bits per heavy atom. The molecule has 0 bridgehead atoms. The first-order valence-electron chi connectivity index (χ1n) is 2.84. The zero-order valence-electron chi connectivity index (χ0n) is 6.02. The van der Waals surface area contributed by atoms with Gasteiger partial charge in [0.15, 0.2) is 0 Å². The fourth-order valence-corrected chi connectivity index (χ4v) is 0.480. The van der Waals surface area contributed by atoms with Crippen LogP contribution in [0.1, 0.15) is 13.8 Å². The Morgan fingerprint density at radius 3 is 2.44 bits per heavy atom. The van der Waals surface area contributed by atoms with E-state index in [1.807, 2.05) is 0 Å². The second kappa shape index (κ2) is 3.51. The van der Waals surface area contributed by atoms with Crippen LogP contribution in [-0.2, 0) is 9.47 Å². The average Bonchev–Trinajstić information content (AvgIpc) is 1.64. The van der Waals surface area contributed by atoms with Crippen molar-refractivity contribution in [2.45, 2.75) is 19.6 Å². The van der Waals surface area contributed by atoms with E-state index < -0.39 is 5.79 Å². The van der Waals surface area contributed by atoms with Crippen LogP contribution in [-0.4, -0.2) is 12.4 Å². The van der Waals surface area contributed by atoms with Crippen LogP contribution in [0.2, 0.25) is 0 Å². The van der Waals surface area contributed by atoms with E-state index >= 15 is 0 Å². The third kappa shape index (κ3) is 4.03. The summed E-state index contributed by atoms with van der Waals surface area (Å²) in [5.41, 5.74) is 0. The quantitative estimate of drug-likeness (QED) is 0.425. The topological polar surface area (TPSA) is 18.5 Å². The molecule has 2 nitrogen and oxygen atoms in total. The minimum atomic E-state index is -0.580. The molecule has 0 aromatic heterocycles. The maximum atomic E-state index is 5.07. The fourth-order valence-electron chi connectivity index (χ4n) is 0.480. The molecule has 0 saturated heterocycles. The second-order valence-corrected chi connectivity index (χ2v) is 2.03. The molecule has 0 aliphatic rings. The number of ether oxygens (including phenoxy) is 2. The van der Waals surface area contributed by atoms with Crippen LogP contribution in [0, 0.1) is 6.92 Å². The molecule has 0 atom stereocenters. The number of rotatable bonds is 4. The highest BCUT2D eigenvalue weighted by Crippen LogP contribution is 2.09. The molecule has 0 spiro atoms. The van der Waals surface area contributed by atoms with Crippen LogP contribution >= 0.6 is 0 Å². The summed E-state index contributed by atoms with van der Waals surface area (Å²) >= 11 is 0. The van der Waals surface area contributed by atoms with E-state index in [0.717, 1.165) is 0 Å². The minimum Gasteiger partial charge on any atom is -0.471 e. The highest BCUT2D eigenvalue weighted by Gasteiger charge is 2.15. The molecule has 0 unspecified atom stereocenters. The summed E-state index contributed by atoms with van der Waals surface area (Å²) in [6.07, 6.45) is 1.36. The van der Waals surface area contributed by atoms with Gasteiger partial charge >= 0.3 is 0 Å². The lowest BCUT2D eigenvalue weighted by atomic mass is 10.4. The third-order valence-corrected chi connectivity index (χ3v) is 0.817. The zero-order chi connectivity index (χ0) is 7.33. The molecule has 2 heteroatoms. The van der Waals surface area contributed by atoms with Gasteiger partial charge in [-0.15, -0.1) is 0 Å². The molecule has 0 aromatic rings. The van der Waals surface area contributed by atoms with Crippen molar-refractivity contribution in [2.24, 2.45) is 0 Å². The van der Waals surface area contributed by atoms with Gasteiger partial charge in [-0.05, 0) is 6.92 Å². The van der Waals surface area contributed by atoms with E-state index in [9.17, 15) is 0 Å². The van der Waals surface area contributed by atoms with Crippen LogP contribution in [0.15, 0.2) is 12.8 Å². The van der Waals surface area contributed by atoms with Crippen molar-refractivity contribution in [3.63, 3.8) is 0 Å². The van der Waals surface area contributed by atoms with E-state index in [-0.39, 0.29) is 0 Å². The van der Waals surface area contributed by atoms with E-state index in [1.54, 1.807) is 13.8 Å². The van der Waals surface area contributed by atoms with Gasteiger partial charge < -0.3 is 9.47 Å². The maximum absolute atomic E-state index is 5.07. The Balaban J connectivity index is 3.55. The van der Waals surface area contributed by atoms with Crippen molar-refractivity contribution in [2.75, 3.05) is 6.61 Å². The van der Waals surface area contributed by atoms with Crippen molar-refractivity contribution in [1.29, 1.82) is 0 Å². The van der Waals surface area contributed by atoms with Crippen molar-refractivity contribution in [1.82, 2.24) is 0 Å². The van der Waals surface area contributed by atoms with Gasteiger partial charge in [0.05, 0.1) is 12.9 Å². The lowest BCUT2D eigenvalue weighted by Crippen LogP contribution is -2.25. The Hall–Kier alpha value is -0.500. The van der Waals surface area contributed by atoms with Gasteiger partial charge in [0, 0.05) is 13.8 Å². The molecule has 9 heavy (non-hydrogen) atoms. The summed E-state index contributed by atoms with van der Waals surface area (Å²) in [5.74, 6) is -0.580. The smallest absolute Gasteiger partial charge is 0.203 e. The van der Waals surface area contributed by atoms with Crippen molar-refractivity contribution < 1.29 is 9.47 Å². The van der Waals surface area contributed by atoms with Gasteiger partial charge in [-0.3, -0.25) is 0 Å². The van der Waals surface area contributed by atoms with Gasteiger partial charge in [-0.2, -0.15) is 0 Å². The normalized spacial score (nSPS) is 11.0. The largest absolute Gasteiger partial charge is 0.471 e. The molecule has 0 aliphatic carbocycles. The Kier molecular flexibility index (Phi) is 3.32. The predicted molar refractivity (Wildman–Crippen MR) is 36.7 cm³/mol. The lowest BCUT2D eigenvalue weighted by Gasteiger charge is -2.23. The summed E-state index contributed by atoms with van der Waals surface area (Å²) in [5, 5.41) is 0. The first-order chi connectivity index (χ1) is 4.12. The zero-order valence-corrected chi connectivity index (χ0v) is 6.02. The summed E-state index contributed by atoms with van der Waals surface area (Å²) < 4.78 is 10.0. The average molecular weight is 129 g/mol. The standard InChI is InChI=1S/C7H13O2/c1-5-8-7(3,4)9-6-2/h5H,1-2,6H2,3-4H3. The van der Waals surface area contributed by atoms with Crippen molar-refractivity contribution >= 4 is 0 Å². The Labute approximate surface area is 56.5 Å². The van der Waals surface area contributed by atoms with Crippen LogP contribution in [0.4, 0.5) is 0 Å². The number of hydrogen-bond acceptors (Lipinski definition) is 2. The monoisotopic (exact) mass is 129 g/mol. The SMILES string of the molecule is [CH2]COC(C)(C)OC=C. The van der Waals surface area contributed by atoms with Crippen LogP contribution < -0.4 is 0 Å². The van der Waals surface area contributed by atoms with Gasteiger partial charge in [-0.25, -0.2) is 0 Å². The van der Waals surface area contributed by atoms with Crippen LogP contribution in [0.5, 0.6) is 0 Å². The number of hydrogen-bond donors (Lipinski definition) is 0. The molecule has 0 amide bonds. The molecular weight excluding hydrogens is 116 g/mol. The highest BCUT2D eigenvalue weighted by molar-refractivity contribution is 4.60. The summed E-state index contributed by atoms with van der Waals surface area (Å²) in [6, 6.07) is 0. The Morgan fingerprint density at radius 1 is 1.56 bits per heavy atom. The summed E-state index contributed by atoms with van der Waals surface area (Å²) in [6.45, 7) is 10.9. The maximum Gasteiger partial charge on any atom is 0.203 e. The molecule has 53 valence electrons. The first kappa shape index (κ1) is 8.50. The van der Waals surface area contributed by atoms with Gasteiger partial charge in [-0.1, -0.05) is 6.58 Å². The van der Waals surface area contributed by atoms with Crippen LogP contribution in [0.3, 0.4) is 0 Å². The minimum absolute atomic E-state index is 0.404. The summed E-state index contributed by atoms with van der Waals surface area (Å²) in [4.78, 5) is 0. The summed E-state index contributed by atoms with van der Waals surface area (Å²) in [7, 11) is 0. The van der Waals surface area contributed by atoms with Crippen LogP contribution in [0.25, 0.3) is 0 Å². The van der Waals surface area contributed by atoms with E-state index in [2.05, 4.69) is 13.5 Å². The molecule has 0 N–H and O–H groups in total. The molecule has 1 radical (unpaired) electrons. The van der Waals surface area contributed by atoms with Gasteiger partial charge in [0.2, 0.25) is 5.79 Å². The molecular formula is C7H13O2. The van der Waals surface area contributed by atoms with Gasteiger partial charge in [0.25, 0.3) is 0 Å². The van der Waals surface area contributed by atoms with E-state index in [0.29, 0.717) is 6.61 Å². The molecule has 0 aliphatic heterocycles. The highest BCUT2D eigenvalue weighted by atomic mass is 16.7. The molecule has 0 fully saturated rings. The Bertz CT molecular complexity index is 86.9. The van der Waals surface area contributed by atoms with E-state index in [4.69, 9.17) is 9.47 Å².